The van der Waals surface area contributed by atoms with E-state index in [1.54, 1.807) is 25.3 Å². The first-order chi connectivity index (χ1) is 13.5. The predicted molar refractivity (Wildman–Crippen MR) is 113 cm³/mol. The molecule has 1 aliphatic rings. The Morgan fingerprint density at radius 1 is 1.39 bits per heavy atom. The molecule has 2 aromatic rings. The van der Waals surface area contributed by atoms with Crippen LogP contribution >= 0.6 is 23.4 Å². The van der Waals surface area contributed by atoms with Crippen LogP contribution in [0.25, 0.3) is 11.4 Å². The van der Waals surface area contributed by atoms with Gasteiger partial charge in [0.05, 0.1) is 17.9 Å². The number of carbonyl (C=O) groups excluding carboxylic acids is 1. The number of aromatic amines is 1. The van der Waals surface area contributed by atoms with Gasteiger partial charge in [0.2, 0.25) is 11.1 Å². The molecule has 0 radical (unpaired) electrons. The SMILES string of the molecule is CCN(C(=O)C(C)Sc1n[nH]c(-c2cc(Cl)ccc2OC)n1)C1CCCCC1. The summed E-state index contributed by atoms with van der Waals surface area (Å²) >= 11 is 7.48. The van der Waals surface area contributed by atoms with Crippen LogP contribution in [0.3, 0.4) is 0 Å². The summed E-state index contributed by atoms with van der Waals surface area (Å²) in [5.74, 6) is 1.39. The maximum absolute atomic E-state index is 13.0. The Kier molecular flexibility index (Phi) is 7.24. The van der Waals surface area contributed by atoms with Crippen LogP contribution in [0.2, 0.25) is 5.02 Å². The fourth-order valence-corrected chi connectivity index (χ4v) is 4.68. The number of nitrogens with one attached hydrogen (secondary N) is 1. The van der Waals surface area contributed by atoms with E-state index in [4.69, 9.17) is 16.3 Å². The number of halogens is 1. The lowest BCUT2D eigenvalue weighted by molar-refractivity contribution is -0.133. The second kappa shape index (κ2) is 9.65. The minimum Gasteiger partial charge on any atom is -0.496 e. The van der Waals surface area contributed by atoms with E-state index in [1.165, 1.54) is 31.0 Å². The number of ether oxygens (including phenoxy) is 1. The van der Waals surface area contributed by atoms with Crippen LogP contribution in [0.4, 0.5) is 0 Å². The van der Waals surface area contributed by atoms with Gasteiger partial charge in [-0.2, -0.15) is 0 Å². The molecule has 8 heteroatoms. The van der Waals surface area contributed by atoms with Gasteiger partial charge in [0.15, 0.2) is 5.82 Å². The molecular formula is C20H27ClN4O2S. The van der Waals surface area contributed by atoms with E-state index in [2.05, 4.69) is 22.1 Å². The number of methoxy groups -OCH3 is 1. The van der Waals surface area contributed by atoms with Crippen molar-refractivity contribution in [1.82, 2.24) is 20.1 Å². The number of aromatic nitrogens is 3. The lowest BCUT2D eigenvalue weighted by Gasteiger charge is -2.35. The smallest absolute Gasteiger partial charge is 0.236 e. The number of carbonyl (C=O) groups is 1. The highest BCUT2D eigenvalue weighted by molar-refractivity contribution is 8.00. The van der Waals surface area contributed by atoms with Crippen molar-refractivity contribution in [3.63, 3.8) is 0 Å². The lowest BCUT2D eigenvalue weighted by atomic mass is 9.94. The number of H-pyrrole nitrogens is 1. The molecule has 1 heterocycles. The first kappa shape index (κ1) is 21.0. The molecule has 1 N–H and O–H groups in total. The normalized spacial score (nSPS) is 16.0. The number of amides is 1. The molecule has 1 aromatic heterocycles. The Morgan fingerprint density at radius 2 is 2.14 bits per heavy atom. The van der Waals surface area contributed by atoms with E-state index in [0.717, 1.165) is 24.9 Å². The van der Waals surface area contributed by atoms with Crippen molar-refractivity contribution >= 4 is 29.3 Å². The van der Waals surface area contributed by atoms with Crippen LogP contribution < -0.4 is 4.74 Å². The molecule has 152 valence electrons. The van der Waals surface area contributed by atoms with Gasteiger partial charge < -0.3 is 9.64 Å². The van der Waals surface area contributed by atoms with Crippen molar-refractivity contribution < 1.29 is 9.53 Å². The van der Waals surface area contributed by atoms with Gasteiger partial charge in [0.25, 0.3) is 0 Å². The molecule has 0 aliphatic heterocycles. The highest BCUT2D eigenvalue weighted by atomic mass is 35.5. The number of hydrogen-bond donors (Lipinski definition) is 1. The molecule has 0 bridgehead atoms. The molecule has 1 amide bonds. The molecule has 0 saturated heterocycles. The summed E-state index contributed by atoms with van der Waals surface area (Å²) in [5.41, 5.74) is 0.741. The summed E-state index contributed by atoms with van der Waals surface area (Å²) in [6, 6.07) is 5.71. The molecule has 3 rings (SSSR count). The van der Waals surface area contributed by atoms with Crippen molar-refractivity contribution in [2.75, 3.05) is 13.7 Å². The third-order valence-electron chi connectivity index (χ3n) is 5.15. The highest BCUT2D eigenvalue weighted by Crippen LogP contribution is 2.32. The molecule has 1 atom stereocenters. The van der Waals surface area contributed by atoms with Gasteiger partial charge in [-0.1, -0.05) is 42.6 Å². The van der Waals surface area contributed by atoms with Crippen molar-refractivity contribution in [1.29, 1.82) is 0 Å². The Bertz CT molecular complexity index is 807. The van der Waals surface area contributed by atoms with E-state index in [-0.39, 0.29) is 11.2 Å². The van der Waals surface area contributed by atoms with Crippen LogP contribution in [0, 0.1) is 0 Å². The van der Waals surface area contributed by atoms with Gasteiger partial charge in [-0.05, 0) is 44.9 Å². The summed E-state index contributed by atoms with van der Waals surface area (Å²) in [7, 11) is 1.60. The van der Waals surface area contributed by atoms with Crippen molar-refractivity contribution in [3.05, 3.63) is 23.2 Å². The molecule has 1 aromatic carbocycles. The van der Waals surface area contributed by atoms with Crippen molar-refractivity contribution in [2.45, 2.75) is 62.4 Å². The third-order valence-corrected chi connectivity index (χ3v) is 6.33. The summed E-state index contributed by atoms with van der Waals surface area (Å²) in [4.78, 5) is 19.6. The monoisotopic (exact) mass is 422 g/mol. The van der Waals surface area contributed by atoms with Gasteiger partial charge in [-0.3, -0.25) is 9.89 Å². The zero-order valence-electron chi connectivity index (χ0n) is 16.6. The Balaban J connectivity index is 1.70. The van der Waals surface area contributed by atoms with Gasteiger partial charge in [0, 0.05) is 17.6 Å². The molecule has 1 fully saturated rings. The number of thioether (sulfide) groups is 1. The van der Waals surface area contributed by atoms with Crippen LogP contribution in [0.1, 0.15) is 46.0 Å². The van der Waals surface area contributed by atoms with E-state index in [9.17, 15) is 4.79 Å². The highest BCUT2D eigenvalue weighted by Gasteiger charge is 2.28. The number of benzene rings is 1. The molecule has 1 saturated carbocycles. The minimum atomic E-state index is -0.244. The topological polar surface area (TPSA) is 71.1 Å². The molecule has 28 heavy (non-hydrogen) atoms. The zero-order valence-corrected chi connectivity index (χ0v) is 18.1. The maximum atomic E-state index is 13.0. The van der Waals surface area contributed by atoms with E-state index >= 15 is 0 Å². The first-order valence-corrected chi connectivity index (χ1v) is 11.0. The Hall–Kier alpha value is -1.73. The largest absolute Gasteiger partial charge is 0.496 e. The predicted octanol–water partition coefficient (Wildman–Crippen LogP) is 4.80. The number of hydrogen-bond acceptors (Lipinski definition) is 5. The summed E-state index contributed by atoms with van der Waals surface area (Å²) in [6.07, 6.45) is 5.91. The molecule has 1 aliphatic carbocycles. The summed E-state index contributed by atoms with van der Waals surface area (Å²) in [6.45, 7) is 4.72. The number of rotatable bonds is 7. The fraction of sp³-hybridized carbons (Fsp3) is 0.550. The Labute approximate surface area is 175 Å². The van der Waals surface area contributed by atoms with Crippen LogP contribution in [0.5, 0.6) is 5.75 Å². The fourth-order valence-electron chi connectivity index (χ4n) is 3.71. The van der Waals surface area contributed by atoms with Gasteiger partial charge in [-0.15, -0.1) is 5.10 Å². The van der Waals surface area contributed by atoms with Crippen molar-refractivity contribution in [3.8, 4) is 17.1 Å². The summed E-state index contributed by atoms with van der Waals surface area (Å²) < 4.78 is 5.38. The zero-order chi connectivity index (χ0) is 20.1. The van der Waals surface area contributed by atoms with Gasteiger partial charge in [-0.25, -0.2) is 4.98 Å². The van der Waals surface area contributed by atoms with Crippen LogP contribution in [-0.2, 0) is 4.79 Å². The van der Waals surface area contributed by atoms with Crippen molar-refractivity contribution in [2.24, 2.45) is 0 Å². The van der Waals surface area contributed by atoms with E-state index in [1.807, 2.05) is 11.8 Å². The van der Waals surface area contributed by atoms with Crippen LogP contribution in [0.15, 0.2) is 23.4 Å². The van der Waals surface area contributed by atoms with E-state index < -0.39 is 0 Å². The lowest BCUT2D eigenvalue weighted by Crippen LogP contribution is -2.44. The first-order valence-electron chi connectivity index (χ1n) is 9.77. The average molecular weight is 423 g/mol. The van der Waals surface area contributed by atoms with Gasteiger partial charge >= 0.3 is 0 Å². The maximum Gasteiger partial charge on any atom is 0.236 e. The second-order valence-electron chi connectivity index (χ2n) is 6.99. The molecular weight excluding hydrogens is 396 g/mol. The summed E-state index contributed by atoms with van der Waals surface area (Å²) in [5, 5.41) is 8.09. The van der Waals surface area contributed by atoms with Crippen LogP contribution in [-0.4, -0.2) is 50.9 Å². The second-order valence-corrected chi connectivity index (χ2v) is 8.73. The quantitative estimate of drug-likeness (QED) is 0.649. The third kappa shape index (κ3) is 4.81. The van der Waals surface area contributed by atoms with E-state index in [0.29, 0.717) is 27.8 Å². The minimum absolute atomic E-state index is 0.158. The molecule has 6 nitrogen and oxygen atoms in total. The standard InChI is InChI=1S/C20H27ClN4O2S/c1-4-25(15-8-6-5-7-9-15)19(26)13(2)28-20-22-18(23-24-20)16-12-14(21)10-11-17(16)27-3/h10-13,15H,4-9H2,1-3H3,(H,22,23,24). The van der Waals surface area contributed by atoms with Gasteiger partial charge in [0.1, 0.15) is 5.75 Å². The number of nitrogens with zero attached hydrogens (tertiary/aromatic N) is 3. The molecule has 0 spiro atoms. The molecule has 1 unspecified atom stereocenters. The Morgan fingerprint density at radius 3 is 2.82 bits per heavy atom. The average Bonchev–Trinajstić information content (AvgIpc) is 3.17.